The first-order chi connectivity index (χ1) is 5.75. The normalized spacial score (nSPS) is 23.3. The molecule has 79 valence electrons. The van der Waals surface area contributed by atoms with Gasteiger partial charge >= 0.3 is 0 Å². The van der Waals surface area contributed by atoms with Gasteiger partial charge in [0, 0.05) is 15.0 Å². The summed E-state index contributed by atoms with van der Waals surface area (Å²) in [6, 6.07) is 0. The van der Waals surface area contributed by atoms with E-state index in [9.17, 15) is 5.11 Å². The maximum absolute atomic E-state index is 11.8. The fourth-order valence-corrected chi connectivity index (χ4v) is 1.79. The van der Waals surface area contributed by atoms with E-state index in [0.29, 0.717) is 11.8 Å². The Morgan fingerprint density at radius 2 is 1.62 bits per heavy atom. The SMILES string of the molecule is CC(Br)(CBr)CC([O])C(C)(Br)CBr. The van der Waals surface area contributed by atoms with Gasteiger partial charge in [0.25, 0.3) is 0 Å². The van der Waals surface area contributed by atoms with Gasteiger partial charge in [0.15, 0.2) is 0 Å². The molecule has 13 heavy (non-hydrogen) atoms. The number of alkyl halides is 4. The summed E-state index contributed by atoms with van der Waals surface area (Å²) in [7, 11) is 0. The third-order valence-electron chi connectivity index (χ3n) is 1.82. The zero-order chi connectivity index (χ0) is 10.7. The Balaban J connectivity index is 4.22. The fraction of sp³-hybridized carbons (Fsp3) is 1.00. The average Bonchev–Trinajstić information content (AvgIpc) is 2.04. The van der Waals surface area contributed by atoms with E-state index in [-0.39, 0.29) is 8.65 Å². The summed E-state index contributed by atoms with van der Waals surface area (Å²) in [6.07, 6.45) is -0.0419. The van der Waals surface area contributed by atoms with Crippen molar-refractivity contribution in [1.82, 2.24) is 0 Å². The fourth-order valence-electron chi connectivity index (χ4n) is 0.740. The average molecular weight is 445 g/mol. The molecule has 0 saturated carbocycles. The maximum atomic E-state index is 11.8. The molecule has 0 fully saturated rings. The summed E-state index contributed by atoms with van der Waals surface area (Å²) in [5, 5.41) is 13.3. The van der Waals surface area contributed by atoms with Gasteiger partial charge in [-0.3, -0.25) is 0 Å². The Kier molecular flexibility index (Phi) is 6.67. The van der Waals surface area contributed by atoms with Gasteiger partial charge in [0.05, 0.1) is 4.32 Å². The molecule has 5 heteroatoms. The second-order valence-electron chi connectivity index (χ2n) is 3.65. The lowest BCUT2D eigenvalue weighted by molar-refractivity contribution is 0.0548. The van der Waals surface area contributed by atoms with Gasteiger partial charge < -0.3 is 0 Å². The summed E-state index contributed by atoms with van der Waals surface area (Å²) in [6.45, 7) is 3.93. The van der Waals surface area contributed by atoms with E-state index >= 15 is 0 Å². The van der Waals surface area contributed by atoms with Gasteiger partial charge in [-0.05, 0) is 20.3 Å². The van der Waals surface area contributed by atoms with Crippen LogP contribution in [0.3, 0.4) is 0 Å². The zero-order valence-electron chi connectivity index (χ0n) is 7.62. The van der Waals surface area contributed by atoms with Crippen molar-refractivity contribution in [3.8, 4) is 0 Å². The Bertz CT molecular complexity index is 158. The van der Waals surface area contributed by atoms with Gasteiger partial charge in [-0.2, -0.15) is 0 Å². The highest BCUT2D eigenvalue weighted by Crippen LogP contribution is 2.34. The van der Waals surface area contributed by atoms with Crippen molar-refractivity contribution >= 4 is 63.7 Å². The first-order valence-corrected chi connectivity index (χ1v) is 7.73. The van der Waals surface area contributed by atoms with E-state index in [1.165, 1.54) is 0 Å². The minimum atomic E-state index is -0.631. The lowest BCUT2D eigenvalue weighted by Gasteiger charge is -2.30. The highest BCUT2D eigenvalue weighted by molar-refractivity contribution is 9.12. The van der Waals surface area contributed by atoms with Crippen molar-refractivity contribution in [2.24, 2.45) is 0 Å². The molecule has 1 nitrogen and oxygen atoms in total. The summed E-state index contributed by atoms with van der Waals surface area (Å²) in [4.78, 5) is 0. The molecular weight excluding hydrogens is 432 g/mol. The molecule has 0 rings (SSSR count). The Morgan fingerprint density at radius 3 is 1.92 bits per heavy atom. The van der Waals surface area contributed by atoms with Crippen molar-refractivity contribution in [3.63, 3.8) is 0 Å². The van der Waals surface area contributed by atoms with Gasteiger partial charge in [0.2, 0.25) is 0 Å². The third-order valence-corrected chi connectivity index (χ3v) is 7.12. The van der Waals surface area contributed by atoms with E-state index in [2.05, 4.69) is 63.7 Å². The third kappa shape index (κ3) is 5.50. The van der Waals surface area contributed by atoms with Crippen LogP contribution in [0, 0.1) is 0 Å². The highest BCUT2D eigenvalue weighted by atomic mass is 79.9. The second kappa shape index (κ2) is 5.83. The Labute approximate surface area is 114 Å². The summed E-state index contributed by atoms with van der Waals surface area (Å²) < 4.78 is -0.485. The van der Waals surface area contributed by atoms with E-state index in [1.807, 2.05) is 13.8 Å². The first-order valence-electron chi connectivity index (χ1n) is 3.91. The van der Waals surface area contributed by atoms with Gasteiger partial charge in [-0.15, -0.1) is 0 Å². The zero-order valence-corrected chi connectivity index (χ0v) is 14.0. The standard InChI is InChI=1S/C8H13Br4O/c1-7(11,4-9)3-6(13)8(2,12)5-10/h6H,3-5H2,1-2H3. The van der Waals surface area contributed by atoms with Crippen LogP contribution < -0.4 is 0 Å². The van der Waals surface area contributed by atoms with Gasteiger partial charge in [-0.25, -0.2) is 5.11 Å². The molecule has 0 aromatic rings. The van der Waals surface area contributed by atoms with Crippen LogP contribution in [0.25, 0.3) is 0 Å². The molecular formula is C8H13Br4O. The molecule has 0 aliphatic rings. The van der Waals surface area contributed by atoms with Crippen molar-refractivity contribution < 1.29 is 5.11 Å². The predicted molar refractivity (Wildman–Crippen MR) is 71.3 cm³/mol. The van der Waals surface area contributed by atoms with Crippen LogP contribution in [0.4, 0.5) is 0 Å². The van der Waals surface area contributed by atoms with Gasteiger partial charge in [-0.1, -0.05) is 63.7 Å². The Morgan fingerprint density at radius 1 is 1.15 bits per heavy atom. The smallest absolute Gasteiger partial charge is 0.110 e. The number of hydrogen-bond donors (Lipinski definition) is 0. The number of rotatable bonds is 5. The van der Waals surface area contributed by atoms with E-state index < -0.39 is 6.10 Å². The molecule has 0 N–H and O–H groups in total. The number of halogens is 4. The monoisotopic (exact) mass is 441 g/mol. The molecule has 3 unspecified atom stereocenters. The quantitative estimate of drug-likeness (QED) is 0.564. The molecule has 0 spiro atoms. The molecule has 3 atom stereocenters. The van der Waals surface area contributed by atoms with Crippen molar-refractivity contribution in [2.45, 2.75) is 35.0 Å². The minimum absolute atomic E-state index is 0.114. The van der Waals surface area contributed by atoms with Crippen molar-refractivity contribution in [2.75, 3.05) is 10.7 Å². The van der Waals surface area contributed by atoms with Crippen LogP contribution >= 0.6 is 63.7 Å². The van der Waals surface area contributed by atoms with Crippen molar-refractivity contribution in [1.29, 1.82) is 0 Å². The Hall–Kier alpha value is 1.88. The van der Waals surface area contributed by atoms with Crippen molar-refractivity contribution in [3.05, 3.63) is 0 Å². The van der Waals surface area contributed by atoms with E-state index in [1.54, 1.807) is 0 Å². The van der Waals surface area contributed by atoms with E-state index in [0.717, 1.165) is 5.33 Å². The molecule has 0 aliphatic carbocycles. The molecule has 0 amide bonds. The van der Waals surface area contributed by atoms with Crippen LogP contribution in [0.15, 0.2) is 0 Å². The molecule has 0 aliphatic heterocycles. The van der Waals surface area contributed by atoms with Crippen LogP contribution in [0.1, 0.15) is 20.3 Å². The molecule has 0 aromatic heterocycles. The summed E-state index contributed by atoms with van der Waals surface area (Å²) in [5.74, 6) is 0. The molecule has 0 saturated heterocycles. The molecule has 0 aromatic carbocycles. The first kappa shape index (κ1) is 14.9. The molecule has 1 radical (unpaired) electrons. The highest BCUT2D eigenvalue weighted by Gasteiger charge is 2.35. The largest absolute Gasteiger partial charge is 0.231 e. The second-order valence-corrected chi connectivity index (χ2v) is 8.50. The molecule has 0 heterocycles. The van der Waals surface area contributed by atoms with Crippen LogP contribution in [-0.4, -0.2) is 25.4 Å². The lowest BCUT2D eigenvalue weighted by Crippen LogP contribution is -2.39. The van der Waals surface area contributed by atoms with Crippen LogP contribution in [-0.2, 0) is 5.11 Å². The number of hydrogen-bond acceptors (Lipinski definition) is 0. The minimum Gasteiger partial charge on any atom is -0.231 e. The van der Waals surface area contributed by atoms with Crippen LogP contribution in [0.2, 0.25) is 0 Å². The molecule has 0 bridgehead atoms. The van der Waals surface area contributed by atoms with E-state index in [4.69, 9.17) is 0 Å². The maximum Gasteiger partial charge on any atom is 0.110 e. The topological polar surface area (TPSA) is 19.9 Å². The summed E-state index contributed by atoms with van der Waals surface area (Å²) >= 11 is 13.7. The summed E-state index contributed by atoms with van der Waals surface area (Å²) in [5.41, 5.74) is 0. The van der Waals surface area contributed by atoms with Gasteiger partial charge in [0.1, 0.15) is 6.10 Å². The lowest BCUT2D eigenvalue weighted by atomic mass is 9.97. The van der Waals surface area contributed by atoms with Crippen LogP contribution in [0.5, 0.6) is 0 Å². The predicted octanol–water partition coefficient (Wildman–Crippen LogP) is 4.27.